The lowest BCUT2D eigenvalue weighted by Crippen LogP contribution is -2.19. The van der Waals surface area contributed by atoms with Crippen molar-refractivity contribution in [1.82, 2.24) is 4.98 Å². The number of aromatic amines is 1. The maximum atomic E-state index is 11.0. The van der Waals surface area contributed by atoms with E-state index in [2.05, 4.69) is 15.3 Å². The summed E-state index contributed by atoms with van der Waals surface area (Å²) in [4.78, 5) is 7.59. The maximum Gasteiger partial charge on any atom is 0.273 e. The molecule has 2 heterocycles. The highest BCUT2D eigenvalue weighted by molar-refractivity contribution is 5.86. The van der Waals surface area contributed by atoms with Crippen LogP contribution >= 0.6 is 0 Å². The third-order valence-corrected chi connectivity index (χ3v) is 4.80. The lowest BCUT2D eigenvalue weighted by atomic mass is 9.95. The first-order valence-electron chi connectivity index (χ1n) is 9.12. The van der Waals surface area contributed by atoms with Gasteiger partial charge in [-0.25, -0.2) is 4.98 Å². The SMILES string of the molecule is COc1ccccc1[C@@H](Nc1cc(C)cc[nH+]1)c1ccc2cccnc2c1O. The zero-order valence-electron chi connectivity index (χ0n) is 15.8. The Morgan fingerprint density at radius 2 is 1.89 bits per heavy atom. The minimum atomic E-state index is -0.333. The molecule has 1 atom stereocenters. The number of nitrogens with one attached hydrogen (secondary N) is 2. The van der Waals surface area contributed by atoms with Gasteiger partial charge in [0.2, 0.25) is 0 Å². The molecular weight excluding hydrogens is 350 g/mol. The van der Waals surface area contributed by atoms with E-state index in [0.29, 0.717) is 5.52 Å². The van der Waals surface area contributed by atoms with Crippen molar-refractivity contribution >= 4 is 16.7 Å². The summed E-state index contributed by atoms with van der Waals surface area (Å²) in [7, 11) is 1.65. The van der Waals surface area contributed by atoms with E-state index in [9.17, 15) is 5.11 Å². The maximum absolute atomic E-state index is 11.0. The van der Waals surface area contributed by atoms with Gasteiger partial charge in [-0.1, -0.05) is 30.3 Å². The number of hydrogen-bond donors (Lipinski definition) is 2. The predicted octanol–water partition coefficient (Wildman–Crippen LogP) is 4.27. The van der Waals surface area contributed by atoms with Crippen molar-refractivity contribution in [2.45, 2.75) is 13.0 Å². The molecule has 0 radical (unpaired) electrons. The second-order valence-corrected chi connectivity index (χ2v) is 6.68. The summed E-state index contributed by atoms with van der Waals surface area (Å²) >= 11 is 0. The van der Waals surface area contributed by atoms with E-state index in [4.69, 9.17) is 4.74 Å². The minimum absolute atomic E-state index is 0.161. The Balaban J connectivity index is 1.89. The second kappa shape index (κ2) is 7.56. The lowest BCUT2D eigenvalue weighted by molar-refractivity contribution is -0.361. The highest BCUT2D eigenvalue weighted by Crippen LogP contribution is 2.38. The fraction of sp³-hybridized carbons (Fsp3) is 0.130. The van der Waals surface area contributed by atoms with E-state index < -0.39 is 0 Å². The largest absolute Gasteiger partial charge is 0.505 e. The Labute approximate surface area is 163 Å². The summed E-state index contributed by atoms with van der Waals surface area (Å²) in [6, 6.07) is 19.2. The van der Waals surface area contributed by atoms with Gasteiger partial charge >= 0.3 is 0 Å². The number of aromatic hydroxyl groups is 1. The Hall–Kier alpha value is -3.60. The Morgan fingerprint density at radius 3 is 2.71 bits per heavy atom. The molecule has 0 amide bonds. The van der Waals surface area contributed by atoms with E-state index in [1.54, 1.807) is 13.3 Å². The van der Waals surface area contributed by atoms with Gasteiger partial charge in [-0.2, -0.15) is 0 Å². The van der Waals surface area contributed by atoms with E-state index in [1.807, 2.05) is 73.8 Å². The van der Waals surface area contributed by atoms with Crippen molar-refractivity contribution in [3.05, 3.63) is 89.7 Å². The Kier molecular flexibility index (Phi) is 4.81. The predicted molar refractivity (Wildman–Crippen MR) is 110 cm³/mol. The molecule has 5 heteroatoms. The molecule has 0 saturated carbocycles. The number of aryl methyl sites for hydroxylation is 1. The molecule has 2 aromatic heterocycles. The lowest BCUT2D eigenvalue weighted by Gasteiger charge is -2.19. The molecule has 0 spiro atoms. The van der Waals surface area contributed by atoms with Crippen molar-refractivity contribution in [2.75, 3.05) is 12.4 Å². The van der Waals surface area contributed by atoms with Crippen LogP contribution in [0.3, 0.4) is 0 Å². The fourth-order valence-corrected chi connectivity index (χ4v) is 3.43. The first kappa shape index (κ1) is 17.8. The number of methoxy groups -OCH3 is 1. The quantitative estimate of drug-likeness (QED) is 0.549. The number of nitrogens with zero attached hydrogens (tertiary/aromatic N) is 1. The molecule has 4 rings (SSSR count). The van der Waals surface area contributed by atoms with Crippen LogP contribution in [0.2, 0.25) is 0 Å². The van der Waals surface area contributed by atoms with Crippen molar-refractivity contribution < 1.29 is 14.8 Å². The summed E-state index contributed by atoms with van der Waals surface area (Å²) < 4.78 is 5.59. The standard InChI is InChI=1S/C23H21N3O2/c1-15-11-13-24-20(14-15)26-22(17-7-3-4-8-19(17)28-2)18-10-9-16-6-5-12-25-21(16)23(18)27/h3-14,22,27H,1-2H3,(H,24,26)/p+1/t22-/m1/s1. The number of para-hydroxylation sites is 1. The van der Waals surface area contributed by atoms with Crippen LogP contribution in [-0.4, -0.2) is 17.2 Å². The van der Waals surface area contributed by atoms with E-state index in [1.165, 1.54) is 0 Å². The molecule has 5 nitrogen and oxygen atoms in total. The number of phenols is 1. The van der Waals surface area contributed by atoms with Crippen LogP contribution in [0, 0.1) is 6.92 Å². The average molecular weight is 372 g/mol. The zero-order valence-corrected chi connectivity index (χ0v) is 15.8. The molecular formula is C23H22N3O2+. The first-order chi connectivity index (χ1) is 13.7. The number of aromatic nitrogens is 2. The molecule has 0 bridgehead atoms. The topological polar surface area (TPSA) is 68.5 Å². The number of phenolic OH excluding ortho intramolecular Hbond substituents is 1. The van der Waals surface area contributed by atoms with Gasteiger partial charge in [0.05, 0.1) is 13.3 Å². The fourth-order valence-electron chi connectivity index (χ4n) is 3.43. The summed E-state index contributed by atoms with van der Waals surface area (Å²) in [5.41, 5.74) is 3.36. The molecule has 4 aromatic rings. The molecule has 0 aliphatic rings. The first-order valence-corrected chi connectivity index (χ1v) is 9.12. The molecule has 2 aromatic carbocycles. The highest BCUT2D eigenvalue weighted by atomic mass is 16.5. The number of H-pyrrole nitrogens is 1. The van der Waals surface area contributed by atoms with Gasteiger partial charge in [0.25, 0.3) is 5.82 Å². The molecule has 0 aliphatic carbocycles. The molecule has 0 aliphatic heterocycles. The van der Waals surface area contributed by atoms with Crippen molar-refractivity contribution in [3.8, 4) is 11.5 Å². The Bertz CT molecular complexity index is 1130. The van der Waals surface area contributed by atoms with E-state index in [0.717, 1.165) is 33.6 Å². The third kappa shape index (κ3) is 3.34. The third-order valence-electron chi connectivity index (χ3n) is 4.80. The summed E-state index contributed by atoms with van der Waals surface area (Å²) in [6.07, 6.45) is 3.57. The number of pyridine rings is 2. The van der Waals surface area contributed by atoms with Gasteiger partial charge in [0.1, 0.15) is 17.0 Å². The number of benzene rings is 2. The van der Waals surface area contributed by atoms with Gasteiger partial charge in [0.15, 0.2) is 6.04 Å². The van der Waals surface area contributed by atoms with Crippen LogP contribution in [0.15, 0.2) is 73.1 Å². The van der Waals surface area contributed by atoms with Gasteiger partial charge in [-0.05, 0) is 36.8 Å². The molecule has 3 N–H and O–H groups in total. The van der Waals surface area contributed by atoms with Crippen molar-refractivity contribution in [2.24, 2.45) is 0 Å². The van der Waals surface area contributed by atoms with Crippen LogP contribution in [0.5, 0.6) is 11.5 Å². The average Bonchev–Trinajstić information content (AvgIpc) is 2.73. The van der Waals surface area contributed by atoms with Gasteiger partial charge in [0, 0.05) is 28.8 Å². The van der Waals surface area contributed by atoms with Crippen molar-refractivity contribution in [1.29, 1.82) is 0 Å². The van der Waals surface area contributed by atoms with E-state index in [-0.39, 0.29) is 11.8 Å². The van der Waals surface area contributed by atoms with Crippen LogP contribution in [0.25, 0.3) is 10.9 Å². The summed E-state index contributed by atoms with van der Waals surface area (Å²) in [5, 5.41) is 15.4. The second-order valence-electron chi connectivity index (χ2n) is 6.68. The molecule has 140 valence electrons. The number of hydrogen-bond acceptors (Lipinski definition) is 4. The van der Waals surface area contributed by atoms with Gasteiger partial charge in [-0.3, -0.25) is 10.3 Å². The van der Waals surface area contributed by atoms with Gasteiger partial charge in [-0.15, -0.1) is 0 Å². The van der Waals surface area contributed by atoms with Gasteiger partial charge < -0.3 is 9.84 Å². The number of anilines is 1. The van der Waals surface area contributed by atoms with E-state index >= 15 is 0 Å². The summed E-state index contributed by atoms with van der Waals surface area (Å²) in [6.45, 7) is 2.04. The normalized spacial score (nSPS) is 11.9. The molecule has 0 fully saturated rings. The van der Waals surface area contributed by atoms with Crippen molar-refractivity contribution in [3.63, 3.8) is 0 Å². The number of ether oxygens (including phenoxy) is 1. The zero-order chi connectivity index (χ0) is 19.5. The minimum Gasteiger partial charge on any atom is -0.505 e. The van der Waals surface area contributed by atoms with Crippen LogP contribution in [-0.2, 0) is 0 Å². The highest BCUT2D eigenvalue weighted by Gasteiger charge is 2.26. The monoisotopic (exact) mass is 372 g/mol. The summed E-state index contributed by atoms with van der Waals surface area (Å²) in [5.74, 6) is 1.75. The Morgan fingerprint density at radius 1 is 1.04 bits per heavy atom. The molecule has 0 unspecified atom stereocenters. The smallest absolute Gasteiger partial charge is 0.273 e. The van der Waals surface area contributed by atoms with Crippen LogP contribution in [0.1, 0.15) is 22.7 Å². The number of fused-ring (bicyclic) bond motifs is 1. The van der Waals surface area contributed by atoms with Crippen LogP contribution in [0.4, 0.5) is 5.82 Å². The number of rotatable bonds is 5. The molecule has 28 heavy (non-hydrogen) atoms. The molecule has 0 saturated heterocycles. The van der Waals surface area contributed by atoms with Crippen LogP contribution < -0.4 is 15.0 Å².